The summed E-state index contributed by atoms with van der Waals surface area (Å²) in [5.41, 5.74) is 0. The predicted molar refractivity (Wildman–Crippen MR) is 94.7 cm³/mol. The number of hydrogen-bond acceptors (Lipinski definition) is 6. The fourth-order valence-electron chi connectivity index (χ4n) is 1.85. The second-order valence-electron chi connectivity index (χ2n) is 4.71. The van der Waals surface area contributed by atoms with Crippen molar-refractivity contribution >= 4 is 57.6 Å². The van der Waals surface area contributed by atoms with E-state index in [4.69, 9.17) is 17.0 Å². The van der Waals surface area contributed by atoms with Crippen molar-refractivity contribution in [3.63, 3.8) is 0 Å². The van der Waals surface area contributed by atoms with Gasteiger partial charge in [0, 0.05) is 4.88 Å². The minimum absolute atomic E-state index is 0.113. The molecule has 2 rings (SSSR count). The first-order valence-electron chi connectivity index (χ1n) is 7.06. The summed E-state index contributed by atoms with van der Waals surface area (Å²) in [5, 5.41) is 1.94. The number of thioether (sulfide) groups is 1. The van der Waals surface area contributed by atoms with Gasteiger partial charge < -0.3 is 4.74 Å². The van der Waals surface area contributed by atoms with Gasteiger partial charge in [0.25, 0.3) is 5.91 Å². The van der Waals surface area contributed by atoms with Crippen molar-refractivity contribution in [2.45, 2.75) is 26.2 Å². The second-order valence-corrected chi connectivity index (χ2v) is 7.37. The Morgan fingerprint density at radius 1 is 1.45 bits per heavy atom. The van der Waals surface area contributed by atoms with E-state index in [1.54, 1.807) is 17.4 Å². The van der Waals surface area contributed by atoms with Crippen molar-refractivity contribution in [3.05, 3.63) is 27.3 Å². The van der Waals surface area contributed by atoms with Crippen LogP contribution in [0.4, 0.5) is 0 Å². The molecule has 1 saturated heterocycles. The summed E-state index contributed by atoms with van der Waals surface area (Å²) in [6, 6.07) is 3.85. The van der Waals surface area contributed by atoms with Crippen LogP contribution in [0.3, 0.4) is 0 Å². The van der Waals surface area contributed by atoms with Crippen LogP contribution in [0.25, 0.3) is 6.08 Å². The van der Waals surface area contributed by atoms with Gasteiger partial charge in [0.2, 0.25) is 0 Å². The van der Waals surface area contributed by atoms with Crippen LogP contribution in [-0.2, 0) is 14.3 Å². The van der Waals surface area contributed by atoms with Crippen molar-refractivity contribution in [1.82, 2.24) is 4.90 Å². The van der Waals surface area contributed by atoms with Gasteiger partial charge in [-0.25, -0.2) is 0 Å². The zero-order valence-electron chi connectivity index (χ0n) is 12.2. The summed E-state index contributed by atoms with van der Waals surface area (Å²) in [7, 11) is 0. The highest BCUT2D eigenvalue weighted by Gasteiger charge is 2.33. The van der Waals surface area contributed by atoms with Gasteiger partial charge in [-0.1, -0.05) is 49.8 Å². The van der Waals surface area contributed by atoms with E-state index in [-0.39, 0.29) is 12.5 Å². The number of nitrogens with zero attached hydrogens (tertiary/aromatic N) is 1. The Bertz CT molecular complexity index is 581. The third-order valence-electron chi connectivity index (χ3n) is 2.99. The van der Waals surface area contributed by atoms with E-state index in [1.807, 2.05) is 17.5 Å². The molecule has 4 nitrogen and oxygen atoms in total. The molecule has 0 aromatic carbocycles. The minimum atomic E-state index is -0.412. The van der Waals surface area contributed by atoms with Crippen LogP contribution < -0.4 is 0 Å². The van der Waals surface area contributed by atoms with E-state index in [0.29, 0.717) is 15.8 Å². The van der Waals surface area contributed by atoms with Gasteiger partial charge >= 0.3 is 5.97 Å². The molecule has 1 fully saturated rings. The SMILES string of the molecule is CCCCCOC(=O)CN1C(=O)/C(=C\c2cccs2)SC1=S. The maximum absolute atomic E-state index is 12.3. The molecule has 0 saturated carbocycles. The molecule has 0 spiro atoms. The van der Waals surface area contributed by atoms with Crippen LogP contribution in [0.2, 0.25) is 0 Å². The van der Waals surface area contributed by atoms with Crippen LogP contribution in [0.15, 0.2) is 22.4 Å². The highest BCUT2D eigenvalue weighted by molar-refractivity contribution is 8.26. The van der Waals surface area contributed by atoms with E-state index < -0.39 is 5.97 Å². The van der Waals surface area contributed by atoms with Gasteiger partial charge in [-0.15, -0.1) is 11.3 Å². The van der Waals surface area contributed by atoms with Crippen LogP contribution in [-0.4, -0.2) is 34.2 Å². The average molecular weight is 356 g/mol. The van der Waals surface area contributed by atoms with Crippen LogP contribution in [0, 0.1) is 0 Å². The summed E-state index contributed by atoms with van der Waals surface area (Å²) in [6.45, 7) is 2.37. The van der Waals surface area contributed by atoms with Gasteiger partial charge in [-0.05, 0) is 23.9 Å². The van der Waals surface area contributed by atoms with Crippen molar-refractivity contribution in [3.8, 4) is 0 Å². The van der Waals surface area contributed by atoms with Gasteiger partial charge in [0.05, 0.1) is 11.5 Å². The molecule has 0 unspecified atom stereocenters. The number of thiocarbonyl (C=S) groups is 1. The Balaban J connectivity index is 1.90. The first-order chi connectivity index (χ1) is 10.6. The molecular weight excluding hydrogens is 338 g/mol. The number of esters is 1. The van der Waals surface area contributed by atoms with Crippen molar-refractivity contribution in [2.24, 2.45) is 0 Å². The van der Waals surface area contributed by atoms with E-state index in [0.717, 1.165) is 24.1 Å². The molecule has 0 bridgehead atoms. The monoisotopic (exact) mass is 355 g/mol. The number of unbranched alkanes of at least 4 members (excludes halogenated alkanes) is 2. The predicted octanol–water partition coefficient (Wildman–Crippen LogP) is 3.68. The lowest BCUT2D eigenvalue weighted by Gasteiger charge is -2.13. The largest absolute Gasteiger partial charge is 0.464 e. The number of carbonyl (C=O) groups is 2. The first-order valence-corrected chi connectivity index (χ1v) is 9.16. The van der Waals surface area contributed by atoms with Crippen LogP contribution in [0.5, 0.6) is 0 Å². The molecule has 1 aliphatic rings. The summed E-state index contributed by atoms with van der Waals surface area (Å²) >= 11 is 7.96. The summed E-state index contributed by atoms with van der Waals surface area (Å²) < 4.78 is 5.53. The molecule has 0 aliphatic carbocycles. The number of thiophene rings is 1. The Morgan fingerprint density at radius 3 is 2.95 bits per heavy atom. The zero-order valence-corrected chi connectivity index (χ0v) is 14.7. The molecular formula is C15H17NO3S3. The van der Waals surface area contributed by atoms with E-state index in [2.05, 4.69) is 6.92 Å². The lowest BCUT2D eigenvalue weighted by atomic mass is 10.3. The maximum atomic E-state index is 12.3. The summed E-state index contributed by atoms with van der Waals surface area (Å²) in [5.74, 6) is -0.640. The Hall–Kier alpha value is -1.18. The Morgan fingerprint density at radius 2 is 2.27 bits per heavy atom. The zero-order chi connectivity index (χ0) is 15.9. The molecule has 0 atom stereocenters. The summed E-state index contributed by atoms with van der Waals surface area (Å²) in [6.07, 6.45) is 4.74. The third kappa shape index (κ3) is 4.66. The Kier molecular flexibility index (Phi) is 6.60. The topological polar surface area (TPSA) is 46.6 Å². The quantitative estimate of drug-likeness (QED) is 0.323. The van der Waals surface area contributed by atoms with Gasteiger partial charge in [-0.2, -0.15) is 0 Å². The lowest BCUT2D eigenvalue weighted by molar-refractivity contribution is -0.146. The summed E-state index contributed by atoms with van der Waals surface area (Å²) in [4.78, 5) is 26.9. The van der Waals surface area contributed by atoms with E-state index in [9.17, 15) is 9.59 Å². The average Bonchev–Trinajstić information content (AvgIpc) is 3.08. The second kappa shape index (κ2) is 8.45. The molecule has 1 aromatic heterocycles. The number of rotatable bonds is 7. The smallest absolute Gasteiger partial charge is 0.326 e. The van der Waals surface area contributed by atoms with Gasteiger partial charge in [0.15, 0.2) is 0 Å². The fraction of sp³-hybridized carbons (Fsp3) is 0.400. The van der Waals surface area contributed by atoms with E-state index in [1.165, 1.54) is 16.7 Å². The van der Waals surface area contributed by atoms with Crippen molar-refractivity contribution < 1.29 is 14.3 Å². The van der Waals surface area contributed by atoms with E-state index >= 15 is 0 Å². The number of carbonyl (C=O) groups excluding carboxylic acids is 2. The molecule has 0 radical (unpaired) electrons. The highest BCUT2D eigenvalue weighted by atomic mass is 32.2. The minimum Gasteiger partial charge on any atom is -0.464 e. The van der Waals surface area contributed by atoms with Crippen LogP contribution in [0.1, 0.15) is 31.1 Å². The molecule has 0 N–H and O–H groups in total. The fourth-order valence-corrected chi connectivity index (χ4v) is 3.83. The Labute approximate surface area is 143 Å². The highest BCUT2D eigenvalue weighted by Crippen LogP contribution is 2.33. The first kappa shape index (κ1) is 17.2. The molecule has 1 aliphatic heterocycles. The molecule has 118 valence electrons. The van der Waals surface area contributed by atoms with Gasteiger partial charge in [-0.3, -0.25) is 14.5 Å². The van der Waals surface area contributed by atoms with Crippen LogP contribution >= 0.6 is 35.3 Å². The van der Waals surface area contributed by atoms with Crippen molar-refractivity contribution in [2.75, 3.05) is 13.2 Å². The number of ether oxygens (including phenoxy) is 1. The number of amides is 1. The van der Waals surface area contributed by atoms with Crippen molar-refractivity contribution in [1.29, 1.82) is 0 Å². The third-order valence-corrected chi connectivity index (χ3v) is 5.19. The lowest BCUT2D eigenvalue weighted by Crippen LogP contribution is -2.34. The molecule has 22 heavy (non-hydrogen) atoms. The molecule has 7 heteroatoms. The maximum Gasteiger partial charge on any atom is 0.326 e. The normalized spacial score (nSPS) is 16.6. The standard InChI is InChI=1S/C15H17NO3S3/c1-2-3-4-7-19-13(17)10-16-14(18)12(22-15(16)20)9-11-6-5-8-21-11/h5-6,8-9H,2-4,7,10H2,1H3/b12-9+. The van der Waals surface area contributed by atoms with Gasteiger partial charge in [0.1, 0.15) is 10.9 Å². The molecule has 1 amide bonds. The molecule has 1 aromatic rings. The number of hydrogen-bond donors (Lipinski definition) is 0. The molecule has 2 heterocycles.